The van der Waals surface area contributed by atoms with Gasteiger partial charge in [-0.3, -0.25) is 14.9 Å². The average Bonchev–Trinajstić information content (AvgIpc) is 3.20. The van der Waals surface area contributed by atoms with Gasteiger partial charge in [0.05, 0.1) is 12.7 Å². The molecule has 2 aliphatic rings. The summed E-state index contributed by atoms with van der Waals surface area (Å²) >= 11 is 0. The molecule has 4 rings (SSSR count). The number of aliphatic imine (C=N–C) groups is 1. The van der Waals surface area contributed by atoms with E-state index in [9.17, 15) is 14.7 Å². The van der Waals surface area contributed by atoms with E-state index in [1.807, 2.05) is 13.8 Å². The van der Waals surface area contributed by atoms with Crippen LogP contribution in [0, 0.1) is 0 Å². The molecule has 0 spiro atoms. The Morgan fingerprint density at radius 3 is 2.83 bits per heavy atom. The lowest BCUT2D eigenvalue weighted by atomic mass is 10.0. The van der Waals surface area contributed by atoms with Gasteiger partial charge in [0.15, 0.2) is 12.4 Å². The van der Waals surface area contributed by atoms with E-state index in [1.54, 1.807) is 12.1 Å². The zero-order valence-electron chi connectivity index (χ0n) is 20.8. The van der Waals surface area contributed by atoms with Crippen LogP contribution in [0.4, 0.5) is 10.6 Å². The van der Waals surface area contributed by atoms with Crippen molar-refractivity contribution < 1.29 is 28.9 Å². The Labute approximate surface area is 209 Å². The summed E-state index contributed by atoms with van der Waals surface area (Å²) in [6.45, 7) is 4.12. The number of H-pyrrole nitrogens is 1. The number of hydrogen-bond acceptors (Lipinski definition) is 8. The average molecular weight is 500 g/mol. The van der Waals surface area contributed by atoms with Crippen LogP contribution < -0.4 is 20.1 Å². The SMILES string of the molecule is CCN=Cc1c(O)cc(OC)cc1OCC(=O)Nc1cc(C2CCC(OC(=O)NC3(C)CC3)C2)[nH]n1. The number of nitrogens with one attached hydrogen (secondary N) is 3. The van der Waals surface area contributed by atoms with Crippen molar-refractivity contribution in [3.8, 4) is 17.2 Å². The molecule has 2 aliphatic carbocycles. The van der Waals surface area contributed by atoms with Crippen LogP contribution in [-0.2, 0) is 9.53 Å². The molecule has 2 atom stereocenters. The number of methoxy groups -OCH3 is 1. The van der Waals surface area contributed by atoms with Crippen LogP contribution in [0.5, 0.6) is 17.2 Å². The standard InChI is InChI=1S/C25H33N5O6/c1-4-26-13-18-20(31)10-17(34-3)11-21(18)35-14-23(32)27-22-12-19(29-30-22)15-5-6-16(9-15)36-24(33)28-25(2)7-8-25/h10-13,15-16,31H,4-9,14H2,1-3H3,(H,28,33)(H2,27,29,30,32). The molecule has 2 saturated carbocycles. The summed E-state index contributed by atoms with van der Waals surface area (Å²) in [5.74, 6) is 0.742. The molecule has 0 saturated heterocycles. The van der Waals surface area contributed by atoms with Gasteiger partial charge < -0.3 is 30.0 Å². The molecule has 11 nitrogen and oxygen atoms in total. The van der Waals surface area contributed by atoms with E-state index in [0.29, 0.717) is 30.1 Å². The number of carbonyl (C=O) groups is 2. The predicted molar refractivity (Wildman–Crippen MR) is 133 cm³/mol. The maximum atomic E-state index is 12.5. The van der Waals surface area contributed by atoms with E-state index < -0.39 is 5.91 Å². The number of rotatable bonds is 10. The Morgan fingerprint density at radius 2 is 2.11 bits per heavy atom. The van der Waals surface area contributed by atoms with Crippen LogP contribution in [0.3, 0.4) is 0 Å². The predicted octanol–water partition coefficient (Wildman–Crippen LogP) is 3.50. The largest absolute Gasteiger partial charge is 0.507 e. The Kier molecular flexibility index (Phi) is 7.66. The minimum absolute atomic E-state index is 0.0584. The number of aromatic hydroxyl groups is 1. The zero-order valence-corrected chi connectivity index (χ0v) is 20.8. The molecule has 4 N–H and O–H groups in total. The van der Waals surface area contributed by atoms with Crippen molar-refractivity contribution in [2.75, 3.05) is 25.6 Å². The highest BCUT2D eigenvalue weighted by molar-refractivity contribution is 5.92. The van der Waals surface area contributed by atoms with Crippen molar-refractivity contribution in [3.05, 3.63) is 29.5 Å². The normalized spacial score (nSPS) is 20.2. The van der Waals surface area contributed by atoms with Gasteiger partial charge >= 0.3 is 6.09 Å². The van der Waals surface area contributed by atoms with Crippen molar-refractivity contribution in [2.45, 2.75) is 63.5 Å². The fraction of sp³-hybridized carbons (Fsp3) is 0.520. The molecule has 2 fully saturated rings. The molecule has 2 aromatic rings. The van der Waals surface area contributed by atoms with Crippen LogP contribution in [0.15, 0.2) is 23.2 Å². The van der Waals surface area contributed by atoms with Crippen LogP contribution in [-0.4, -0.2) is 65.4 Å². The first-order chi connectivity index (χ1) is 17.3. The molecule has 36 heavy (non-hydrogen) atoms. The Morgan fingerprint density at radius 1 is 1.31 bits per heavy atom. The van der Waals surface area contributed by atoms with Crippen molar-refractivity contribution in [1.82, 2.24) is 15.5 Å². The van der Waals surface area contributed by atoms with Gasteiger partial charge in [-0.25, -0.2) is 4.79 Å². The number of aromatic amines is 1. The van der Waals surface area contributed by atoms with Crippen LogP contribution in [0.1, 0.15) is 63.1 Å². The summed E-state index contributed by atoms with van der Waals surface area (Å²) in [5, 5.41) is 23.0. The molecule has 1 aromatic carbocycles. The third-order valence-electron chi connectivity index (χ3n) is 6.46. The maximum Gasteiger partial charge on any atom is 0.407 e. The molecule has 2 unspecified atom stereocenters. The molecule has 194 valence electrons. The minimum Gasteiger partial charge on any atom is -0.507 e. The summed E-state index contributed by atoms with van der Waals surface area (Å²) in [6.07, 6.45) is 5.30. The number of ether oxygens (including phenoxy) is 3. The summed E-state index contributed by atoms with van der Waals surface area (Å²) in [4.78, 5) is 28.7. The van der Waals surface area contributed by atoms with Gasteiger partial charge in [-0.2, -0.15) is 5.10 Å². The number of hydrogen-bond donors (Lipinski definition) is 4. The van der Waals surface area contributed by atoms with Crippen molar-refractivity contribution >= 4 is 24.0 Å². The summed E-state index contributed by atoms with van der Waals surface area (Å²) in [7, 11) is 1.47. The van der Waals surface area contributed by atoms with Crippen molar-refractivity contribution in [2.24, 2.45) is 4.99 Å². The first-order valence-electron chi connectivity index (χ1n) is 12.2. The van der Waals surface area contributed by atoms with Gasteiger partial charge in [0, 0.05) is 48.1 Å². The van der Waals surface area contributed by atoms with Crippen LogP contribution >= 0.6 is 0 Å². The smallest absolute Gasteiger partial charge is 0.407 e. The third kappa shape index (κ3) is 6.46. The van der Waals surface area contributed by atoms with Crippen LogP contribution in [0.25, 0.3) is 0 Å². The molecule has 0 aliphatic heterocycles. The second-order valence-electron chi connectivity index (χ2n) is 9.45. The first-order valence-corrected chi connectivity index (χ1v) is 12.2. The van der Waals surface area contributed by atoms with Crippen LogP contribution in [0.2, 0.25) is 0 Å². The Bertz CT molecular complexity index is 1130. The zero-order chi connectivity index (χ0) is 25.7. The molecule has 11 heteroatoms. The molecule has 0 radical (unpaired) electrons. The third-order valence-corrected chi connectivity index (χ3v) is 6.46. The van der Waals surface area contributed by atoms with E-state index in [-0.39, 0.29) is 41.8 Å². The second-order valence-corrected chi connectivity index (χ2v) is 9.45. The summed E-state index contributed by atoms with van der Waals surface area (Å²) in [6, 6.07) is 4.82. The van der Waals surface area contributed by atoms with Gasteiger partial charge in [-0.05, 0) is 46.0 Å². The van der Waals surface area contributed by atoms with E-state index in [2.05, 4.69) is 25.8 Å². The number of anilines is 1. The number of benzene rings is 1. The number of phenols is 1. The topological polar surface area (TPSA) is 147 Å². The number of carbonyl (C=O) groups excluding carboxylic acids is 2. The second kappa shape index (κ2) is 10.9. The molecule has 1 aromatic heterocycles. The fourth-order valence-electron chi connectivity index (χ4n) is 4.14. The fourth-order valence-corrected chi connectivity index (χ4v) is 4.14. The van der Waals surface area contributed by atoms with Gasteiger partial charge in [-0.15, -0.1) is 0 Å². The van der Waals surface area contributed by atoms with E-state index in [4.69, 9.17) is 14.2 Å². The molecular formula is C25H33N5O6. The Balaban J connectivity index is 1.29. The lowest BCUT2D eigenvalue weighted by Gasteiger charge is -2.16. The quantitative estimate of drug-likeness (QED) is 0.366. The van der Waals surface area contributed by atoms with Gasteiger partial charge in [-0.1, -0.05) is 0 Å². The van der Waals surface area contributed by atoms with E-state index in [1.165, 1.54) is 19.4 Å². The highest BCUT2D eigenvalue weighted by Gasteiger charge is 2.40. The van der Waals surface area contributed by atoms with Gasteiger partial charge in [0.2, 0.25) is 0 Å². The maximum absolute atomic E-state index is 12.5. The lowest BCUT2D eigenvalue weighted by Crippen LogP contribution is -2.36. The highest BCUT2D eigenvalue weighted by Crippen LogP contribution is 2.37. The first kappa shape index (κ1) is 25.3. The number of nitrogens with zero attached hydrogens (tertiary/aromatic N) is 2. The number of phenolic OH excluding ortho intramolecular Hbond substituents is 1. The van der Waals surface area contributed by atoms with Gasteiger partial charge in [0.25, 0.3) is 5.91 Å². The number of aromatic nitrogens is 2. The summed E-state index contributed by atoms with van der Waals surface area (Å²) in [5.41, 5.74) is 1.14. The molecule has 0 bridgehead atoms. The van der Waals surface area contributed by atoms with Crippen molar-refractivity contribution in [3.63, 3.8) is 0 Å². The minimum atomic E-state index is -0.411. The monoisotopic (exact) mass is 499 g/mol. The van der Waals surface area contributed by atoms with E-state index in [0.717, 1.165) is 31.4 Å². The Hall–Kier alpha value is -3.76. The molecular weight excluding hydrogens is 466 g/mol. The summed E-state index contributed by atoms with van der Waals surface area (Å²) < 4.78 is 16.4. The van der Waals surface area contributed by atoms with Gasteiger partial charge in [0.1, 0.15) is 23.4 Å². The lowest BCUT2D eigenvalue weighted by molar-refractivity contribution is -0.118. The molecule has 2 amide bonds. The van der Waals surface area contributed by atoms with E-state index >= 15 is 0 Å². The number of amides is 2. The van der Waals surface area contributed by atoms with Crippen molar-refractivity contribution in [1.29, 1.82) is 0 Å². The number of alkyl carbamates (subject to hydrolysis) is 1. The highest BCUT2D eigenvalue weighted by atomic mass is 16.6. The molecule has 1 heterocycles.